The Labute approximate surface area is 154 Å². The molecule has 0 atom stereocenters. The number of carboxylic acid groups (broad SMARTS) is 1. The Kier molecular flexibility index (Phi) is 6.31. The highest BCUT2D eigenvalue weighted by Gasteiger charge is 2.17. The van der Waals surface area contributed by atoms with E-state index in [4.69, 9.17) is 5.11 Å². The van der Waals surface area contributed by atoms with Gasteiger partial charge in [-0.1, -0.05) is 37.5 Å². The summed E-state index contributed by atoms with van der Waals surface area (Å²) >= 11 is 0. The van der Waals surface area contributed by atoms with Crippen molar-refractivity contribution in [2.75, 3.05) is 0 Å². The zero-order valence-corrected chi connectivity index (χ0v) is 15.2. The molecule has 0 saturated heterocycles. The summed E-state index contributed by atoms with van der Waals surface area (Å²) in [5.41, 5.74) is 2.16. The van der Waals surface area contributed by atoms with E-state index in [1.807, 2.05) is 12.1 Å². The largest absolute Gasteiger partial charge is 0.481 e. The number of hydrogen-bond acceptors (Lipinski definition) is 2. The van der Waals surface area contributed by atoms with Gasteiger partial charge in [0.05, 0.1) is 6.42 Å². The number of nitrogens with zero attached hydrogens (tertiary/aromatic N) is 1. The molecule has 0 unspecified atom stereocenters. The number of unbranched alkanes of at least 4 members (excludes halogenated alkanes) is 1. The summed E-state index contributed by atoms with van der Waals surface area (Å²) in [6.45, 7) is 0.776. The number of aliphatic carboxylic acids is 1. The predicted molar refractivity (Wildman–Crippen MR) is 102 cm³/mol. The molecule has 5 heteroatoms. The Balaban J connectivity index is 1.65. The Hall–Kier alpha value is -2.30. The molecule has 1 heterocycles. The highest BCUT2D eigenvalue weighted by Crippen LogP contribution is 2.23. The predicted octanol–water partition coefficient (Wildman–Crippen LogP) is 3.89. The molecule has 2 N–H and O–H groups in total. The average Bonchev–Trinajstić information content (AvgIpc) is 2.97. The maximum atomic E-state index is 12.5. The molecule has 1 aliphatic carbocycles. The van der Waals surface area contributed by atoms with Gasteiger partial charge in [-0.3, -0.25) is 9.59 Å². The van der Waals surface area contributed by atoms with Crippen LogP contribution in [0.4, 0.5) is 0 Å². The fraction of sp³-hybridized carbons (Fsp3) is 0.524. The minimum atomic E-state index is -0.748. The van der Waals surface area contributed by atoms with E-state index in [-0.39, 0.29) is 12.3 Å². The van der Waals surface area contributed by atoms with E-state index in [0.717, 1.165) is 42.3 Å². The first-order valence-corrected chi connectivity index (χ1v) is 9.71. The summed E-state index contributed by atoms with van der Waals surface area (Å²) in [4.78, 5) is 23.1. The van der Waals surface area contributed by atoms with E-state index in [0.29, 0.717) is 18.9 Å². The highest BCUT2D eigenvalue weighted by molar-refractivity contribution is 5.89. The fourth-order valence-corrected chi connectivity index (χ4v) is 3.91. The van der Waals surface area contributed by atoms with E-state index in [2.05, 4.69) is 28.2 Å². The molecule has 1 aromatic heterocycles. The zero-order valence-electron chi connectivity index (χ0n) is 15.2. The highest BCUT2D eigenvalue weighted by atomic mass is 16.4. The summed E-state index contributed by atoms with van der Waals surface area (Å²) in [6.07, 6.45) is 10.0. The molecule has 3 rings (SSSR count). The average molecular weight is 356 g/mol. The van der Waals surface area contributed by atoms with Crippen LogP contribution in [0.25, 0.3) is 10.9 Å². The smallest absolute Gasteiger partial charge is 0.303 e. The van der Waals surface area contributed by atoms with Gasteiger partial charge in [0.15, 0.2) is 0 Å². The van der Waals surface area contributed by atoms with Crippen molar-refractivity contribution in [3.63, 3.8) is 0 Å². The number of para-hydroxylation sites is 1. The van der Waals surface area contributed by atoms with Crippen molar-refractivity contribution in [3.8, 4) is 0 Å². The normalized spacial score (nSPS) is 15.2. The second-order valence-corrected chi connectivity index (χ2v) is 7.29. The number of fused-ring (bicyclic) bond motifs is 1. The number of benzene rings is 1. The topological polar surface area (TPSA) is 71.3 Å². The lowest BCUT2D eigenvalue weighted by Gasteiger charge is -2.22. The van der Waals surface area contributed by atoms with Crippen molar-refractivity contribution in [2.45, 2.75) is 70.4 Å². The molecule has 0 aliphatic heterocycles. The van der Waals surface area contributed by atoms with Gasteiger partial charge in [-0.25, -0.2) is 0 Å². The Morgan fingerprint density at radius 3 is 2.65 bits per heavy atom. The Morgan fingerprint density at radius 2 is 1.88 bits per heavy atom. The molecule has 1 aliphatic rings. The van der Waals surface area contributed by atoms with Gasteiger partial charge < -0.3 is 15.0 Å². The molecular formula is C21H28N2O3. The quantitative estimate of drug-likeness (QED) is 0.705. The zero-order chi connectivity index (χ0) is 18.4. The molecule has 0 bridgehead atoms. The molecule has 0 spiro atoms. The van der Waals surface area contributed by atoms with Crippen LogP contribution in [-0.2, 0) is 22.6 Å². The van der Waals surface area contributed by atoms with E-state index >= 15 is 0 Å². The molecule has 1 fully saturated rings. The Bertz CT molecular complexity index is 760. The first kappa shape index (κ1) is 18.5. The number of amides is 1. The first-order valence-electron chi connectivity index (χ1n) is 9.71. The van der Waals surface area contributed by atoms with Crippen molar-refractivity contribution in [1.29, 1.82) is 0 Å². The molecule has 0 radical (unpaired) electrons. The third kappa shape index (κ3) is 4.87. The second-order valence-electron chi connectivity index (χ2n) is 7.29. The maximum Gasteiger partial charge on any atom is 0.303 e. The summed E-state index contributed by atoms with van der Waals surface area (Å²) in [5, 5.41) is 13.1. The molecule has 1 aromatic carbocycles. The molecule has 1 amide bonds. The Morgan fingerprint density at radius 1 is 1.12 bits per heavy atom. The van der Waals surface area contributed by atoms with E-state index in [1.165, 1.54) is 19.3 Å². The number of hydrogen-bond donors (Lipinski definition) is 2. The first-order chi connectivity index (χ1) is 12.6. The molecular weight excluding hydrogens is 328 g/mol. The van der Waals surface area contributed by atoms with Crippen molar-refractivity contribution in [1.82, 2.24) is 9.88 Å². The van der Waals surface area contributed by atoms with E-state index in [9.17, 15) is 9.59 Å². The van der Waals surface area contributed by atoms with Crippen LogP contribution < -0.4 is 5.32 Å². The van der Waals surface area contributed by atoms with Gasteiger partial charge in [-0.15, -0.1) is 0 Å². The summed E-state index contributed by atoms with van der Waals surface area (Å²) in [5.74, 6) is -0.645. The molecule has 2 aromatic rings. The van der Waals surface area contributed by atoms with Crippen LogP contribution >= 0.6 is 0 Å². The molecule has 26 heavy (non-hydrogen) atoms. The van der Waals surface area contributed by atoms with Crippen LogP contribution in [0.2, 0.25) is 0 Å². The number of carbonyl (C=O) groups is 2. The van der Waals surface area contributed by atoms with Crippen LogP contribution in [0.5, 0.6) is 0 Å². The monoisotopic (exact) mass is 356 g/mol. The summed E-state index contributed by atoms with van der Waals surface area (Å²) < 4.78 is 2.15. The lowest BCUT2D eigenvalue weighted by Crippen LogP contribution is -2.37. The van der Waals surface area contributed by atoms with E-state index < -0.39 is 5.97 Å². The standard InChI is InChI=1S/C21H28N2O3/c24-20(22-17-8-2-1-3-9-17)14-16-15-23(13-7-6-12-21(25)26)19-11-5-4-10-18(16)19/h4-5,10-11,15,17H,1-3,6-9,12-14H2,(H,22,24)(H,25,26). The number of aryl methyl sites for hydroxylation is 1. The number of aromatic nitrogens is 1. The number of carbonyl (C=O) groups excluding carboxylic acids is 1. The van der Waals surface area contributed by atoms with Crippen molar-refractivity contribution < 1.29 is 14.7 Å². The van der Waals surface area contributed by atoms with Crippen LogP contribution in [0.15, 0.2) is 30.5 Å². The van der Waals surface area contributed by atoms with Crippen LogP contribution in [-0.4, -0.2) is 27.6 Å². The molecule has 1 saturated carbocycles. The van der Waals surface area contributed by atoms with Gasteiger partial charge in [0.1, 0.15) is 0 Å². The van der Waals surface area contributed by atoms with Crippen molar-refractivity contribution in [3.05, 3.63) is 36.0 Å². The minimum absolute atomic E-state index is 0.102. The second kappa shape index (κ2) is 8.88. The SMILES string of the molecule is O=C(O)CCCCn1cc(CC(=O)NC2CCCCC2)c2ccccc21. The van der Waals surface area contributed by atoms with Gasteiger partial charge in [0.25, 0.3) is 0 Å². The van der Waals surface area contributed by atoms with Gasteiger partial charge in [0.2, 0.25) is 5.91 Å². The van der Waals surface area contributed by atoms with Crippen LogP contribution in [0.1, 0.15) is 56.9 Å². The van der Waals surface area contributed by atoms with Gasteiger partial charge >= 0.3 is 5.97 Å². The third-order valence-electron chi connectivity index (χ3n) is 5.23. The third-order valence-corrected chi connectivity index (χ3v) is 5.23. The lowest BCUT2D eigenvalue weighted by atomic mass is 9.95. The molecule has 140 valence electrons. The minimum Gasteiger partial charge on any atom is -0.481 e. The van der Waals surface area contributed by atoms with Gasteiger partial charge in [-0.2, -0.15) is 0 Å². The number of rotatable bonds is 8. The lowest BCUT2D eigenvalue weighted by molar-refractivity contribution is -0.137. The fourth-order valence-electron chi connectivity index (χ4n) is 3.91. The van der Waals surface area contributed by atoms with E-state index in [1.54, 1.807) is 0 Å². The molecule has 5 nitrogen and oxygen atoms in total. The number of carboxylic acids is 1. The van der Waals surface area contributed by atoms with Crippen molar-refractivity contribution >= 4 is 22.8 Å². The van der Waals surface area contributed by atoms with Gasteiger partial charge in [0, 0.05) is 36.1 Å². The number of nitrogens with one attached hydrogen (secondary N) is 1. The maximum absolute atomic E-state index is 12.5. The van der Waals surface area contributed by atoms with Crippen molar-refractivity contribution in [2.24, 2.45) is 0 Å². The summed E-state index contributed by atoms with van der Waals surface area (Å²) in [7, 11) is 0. The summed E-state index contributed by atoms with van der Waals surface area (Å²) in [6, 6.07) is 8.46. The van der Waals surface area contributed by atoms with Crippen LogP contribution in [0, 0.1) is 0 Å². The van der Waals surface area contributed by atoms with Gasteiger partial charge in [-0.05, 0) is 37.3 Å². The van der Waals surface area contributed by atoms with Crippen LogP contribution in [0.3, 0.4) is 0 Å².